The second kappa shape index (κ2) is 9.60. The molecule has 0 fully saturated rings. The van der Waals surface area contributed by atoms with Crippen molar-refractivity contribution in [1.29, 1.82) is 0 Å². The number of fused-ring (bicyclic) bond motifs is 1. The molecule has 11 heteroatoms. The summed E-state index contributed by atoms with van der Waals surface area (Å²) in [5, 5.41) is 38.9. The van der Waals surface area contributed by atoms with Crippen molar-refractivity contribution in [1.82, 2.24) is 4.98 Å². The van der Waals surface area contributed by atoms with Gasteiger partial charge in [0.1, 0.15) is 11.5 Å². The van der Waals surface area contributed by atoms with E-state index < -0.39 is 23.5 Å². The SMILES string of the molecule is O=C(O)c1cccc(-c2cccc(N=Nc3c(O)[nH]c4cc(-c5ccc(C(F)(F)F)c(F)c5)ccc34)c2O)c1. The maximum absolute atomic E-state index is 14.1. The molecule has 4 aromatic carbocycles. The Morgan fingerprint density at radius 1 is 0.821 bits per heavy atom. The van der Waals surface area contributed by atoms with E-state index in [0.717, 1.165) is 12.1 Å². The third-order valence-electron chi connectivity index (χ3n) is 6.05. The molecule has 5 rings (SSSR count). The minimum atomic E-state index is -4.81. The number of H-pyrrole nitrogens is 1. The third-order valence-corrected chi connectivity index (χ3v) is 6.05. The number of para-hydroxylation sites is 1. The molecule has 0 saturated carbocycles. The van der Waals surface area contributed by atoms with Crippen molar-refractivity contribution in [3.05, 3.63) is 95.8 Å². The number of carboxylic acid groups (broad SMARTS) is 1. The Balaban J connectivity index is 1.48. The Morgan fingerprint density at radius 3 is 2.26 bits per heavy atom. The number of aromatic amines is 1. The summed E-state index contributed by atoms with van der Waals surface area (Å²) < 4.78 is 52.7. The van der Waals surface area contributed by atoms with Crippen molar-refractivity contribution in [3.63, 3.8) is 0 Å². The summed E-state index contributed by atoms with van der Waals surface area (Å²) in [4.78, 5) is 14.0. The van der Waals surface area contributed by atoms with E-state index >= 15 is 0 Å². The molecule has 7 nitrogen and oxygen atoms in total. The summed E-state index contributed by atoms with van der Waals surface area (Å²) in [6, 6.07) is 17.9. The number of carbonyl (C=O) groups is 1. The van der Waals surface area contributed by atoms with Crippen LogP contribution in [0.25, 0.3) is 33.2 Å². The summed E-state index contributed by atoms with van der Waals surface area (Å²) in [6.07, 6.45) is -4.81. The van der Waals surface area contributed by atoms with Crippen molar-refractivity contribution in [2.75, 3.05) is 0 Å². The molecule has 0 aliphatic rings. The molecular weight excluding hydrogens is 518 g/mol. The van der Waals surface area contributed by atoms with Gasteiger partial charge in [0.05, 0.1) is 16.6 Å². The van der Waals surface area contributed by atoms with E-state index in [0.29, 0.717) is 33.7 Å². The van der Waals surface area contributed by atoms with Gasteiger partial charge in [0, 0.05) is 10.9 Å². The van der Waals surface area contributed by atoms with E-state index in [-0.39, 0.29) is 34.1 Å². The predicted molar refractivity (Wildman–Crippen MR) is 135 cm³/mol. The average molecular weight is 535 g/mol. The number of rotatable bonds is 5. The van der Waals surface area contributed by atoms with E-state index in [1.54, 1.807) is 30.3 Å². The number of nitrogens with zero attached hydrogens (tertiary/aromatic N) is 2. The number of halogens is 4. The van der Waals surface area contributed by atoms with Crippen LogP contribution < -0.4 is 0 Å². The van der Waals surface area contributed by atoms with Crippen LogP contribution in [0.1, 0.15) is 15.9 Å². The van der Waals surface area contributed by atoms with E-state index in [1.165, 1.54) is 30.3 Å². The second-order valence-electron chi connectivity index (χ2n) is 8.53. The number of phenols is 1. The number of alkyl halides is 3. The Labute approximate surface area is 217 Å². The van der Waals surface area contributed by atoms with Crippen LogP contribution in [0.5, 0.6) is 11.6 Å². The monoisotopic (exact) mass is 535 g/mol. The lowest BCUT2D eigenvalue weighted by Gasteiger charge is -2.09. The van der Waals surface area contributed by atoms with Crippen molar-refractivity contribution >= 4 is 28.2 Å². The number of aromatic hydroxyl groups is 2. The molecule has 1 heterocycles. The first kappa shape index (κ1) is 25.5. The molecule has 4 N–H and O–H groups in total. The predicted octanol–water partition coefficient (Wildman–Crippen LogP) is 8.18. The van der Waals surface area contributed by atoms with Gasteiger partial charge in [0.25, 0.3) is 0 Å². The fourth-order valence-electron chi connectivity index (χ4n) is 4.14. The van der Waals surface area contributed by atoms with Crippen LogP contribution in [0.2, 0.25) is 0 Å². The number of hydrogen-bond acceptors (Lipinski definition) is 5. The lowest BCUT2D eigenvalue weighted by Crippen LogP contribution is -2.07. The Bertz CT molecular complexity index is 1780. The van der Waals surface area contributed by atoms with Crippen molar-refractivity contribution in [2.24, 2.45) is 10.2 Å². The Kier molecular flexibility index (Phi) is 6.27. The molecule has 0 radical (unpaired) electrons. The highest BCUT2D eigenvalue weighted by Crippen LogP contribution is 2.42. The molecule has 0 spiro atoms. The lowest BCUT2D eigenvalue weighted by atomic mass is 10.0. The molecule has 0 bridgehead atoms. The zero-order chi connectivity index (χ0) is 27.9. The number of benzene rings is 4. The van der Waals surface area contributed by atoms with E-state index in [4.69, 9.17) is 0 Å². The minimum absolute atomic E-state index is 0.0350. The normalized spacial score (nSPS) is 11.9. The highest BCUT2D eigenvalue weighted by molar-refractivity contribution is 5.96. The van der Waals surface area contributed by atoms with Crippen LogP contribution >= 0.6 is 0 Å². The molecule has 39 heavy (non-hydrogen) atoms. The number of phenolic OH excluding ortho intramolecular Hbond substituents is 1. The summed E-state index contributed by atoms with van der Waals surface area (Å²) >= 11 is 0. The number of hydrogen-bond donors (Lipinski definition) is 4. The van der Waals surface area contributed by atoms with Gasteiger partial charge in [0.15, 0.2) is 11.4 Å². The molecule has 0 atom stereocenters. The molecule has 196 valence electrons. The maximum atomic E-state index is 14.1. The van der Waals surface area contributed by atoms with Gasteiger partial charge in [-0.05, 0) is 59.2 Å². The van der Waals surface area contributed by atoms with E-state index in [1.807, 2.05) is 0 Å². The maximum Gasteiger partial charge on any atom is 0.419 e. The lowest BCUT2D eigenvalue weighted by molar-refractivity contribution is -0.139. The number of nitrogens with one attached hydrogen (secondary N) is 1. The molecule has 0 saturated heterocycles. The summed E-state index contributed by atoms with van der Waals surface area (Å²) in [7, 11) is 0. The number of carboxylic acids is 1. The average Bonchev–Trinajstić information content (AvgIpc) is 3.21. The number of aromatic carboxylic acids is 1. The van der Waals surface area contributed by atoms with Gasteiger partial charge in [-0.3, -0.25) is 0 Å². The van der Waals surface area contributed by atoms with Crippen LogP contribution in [0.15, 0.2) is 89.1 Å². The standard InChI is InChI=1S/C28H17F4N3O4/c29-21-12-14(8-10-20(21)28(30,31)32)15-7-9-19-23(13-15)33-26(37)24(19)35-34-22-6-2-5-18(25(22)36)16-3-1-4-17(11-16)27(38)39/h1-13,33,36-37H,(H,38,39). The second-order valence-corrected chi connectivity index (χ2v) is 8.53. The summed E-state index contributed by atoms with van der Waals surface area (Å²) in [5.74, 6) is -3.13. The van der Waals surface area contributed by atoms with Crippen LogP contribution in [0, 0.1) is 5.82 Å². The molecule has 0 unspecified atom stereocenters. The summed E-state index contributed by atoms with van der Waals surface area (Å²) in [6.45, 7) is 0. The number of azo groups is 1. The minimum Gasteiger partial charge on any atom is -0.505 e. The van der Waals surface area contributed by atoms with Gasteiger partial charge in [-0.1, -0.05) is 36.4 Å². The Hall–Kier alpha value is -5.19. The fraction of sp³-hybridized carbons (Fsp3) is 0.0357. The van der Waals surface area contributed by atoms with E-state index in [2.05, 4.69) is 15.2 Å². The highest BCUT2D eigenvalue weighted by Gasteiger charge is 2.34. The molecule has 1 aromatic heterocycles. The smallest absolute Gasteiger partial charge is 0.419 e. The number of aromatic nitrogens is 1. The largest absolute Gasteiger partial charge is 0.505 e. The van der Waals surface area contributed by atoms with Gasteiger partial charge < -0.3 is 20.3 Å². The third kappa shape index (κ3) is 4.89. The van der Waals surface area contributed by atoms with Crippen LogP contribution in [-0.2, 0) is 6.18 Å². The summed E-state index contributed by atoms with van der Waals surface area (Å²) in [5.41, 5.74) is 0.504. The molecule has 0 aliphatic heterocycles. The highest BCUT2D eigenvalue weighted by atomic mass is 19.4. The molecule has 0 amide bonds. The van der Waals surface area contributed by atoms with Crippen molar-refractivity contribution in [3.8, 4) is 33.9 Å². The van der Waals surface area contributed by atoms with Crippen LogP contribution in [-0.4, -0.2) is 26.3 Å². The first-order valence-corrected chi connectivity index (χ1v) is 11.3. The zero-order valence-electron chi connectivity index (χ0n) is 19.7. The topological polar surface area (TPSA) is 118 Å². The van der Waals surface area contributed by atoms with Crippen LogP contribution in [0.4, 0.5) is 28.9 Å². The van der Waals surface area contributed by atoms with Crippen molar-refractivity contribution < 1.29 is 37.7 Å². The van der Waals surface area contributed by atoms with Gasteiger partial charge >= 0.3 is 12.1 Å². The first-order valence-electron chi connectivity index (χ1n) is 11.3. The molecule has 5 aromatic rings. The Morgan fingerprint density at radius 2 is 1.54 bits per heavy atom. The first-order chi connectivity index (χ1) is 18.5. The van der Waals surface area contributed by atoms with Gasteiger partial charge in [-0.15, -0.1) is 10.2 Å². The van der Waals surface area contributed by atoms with Crippen molar-refractivity contribution in [2.45, 2.75) is 6.18 Å². The quantitative estimate of drug-likeness (QED) is 0.134. The molecular formula is C28H17F4N3O4. The van der Waals surface area contributed by atoms with Gasteiger partial charge in [0.2, 0.25) is 5.88 Å². The van der Waals surface area contributed by atoms with Gasteiger partial charge in [-0.25, -0.2) is 9.18 Å². The fourth-order valence-corrected chi connectivity index (χ4v) is 4.14. The zero-order valence-corrected chi connectivity index (χ0v) is 19.7. The van der Waals surface area contributed by atoms with Crippen LogP contribution in [0.3, 0.4) is 0 Å². The van der Waals surface area contributed by atoms with Gasteiger partial charge in [-0.2, -0.15) is 13.2 Å². The molecule has 0 aliphatic carbocycles. The van der Waals surface area contributed by atoms with E-state index in [9.17, 15) is 37.7 Å².